The van der Waals surface area contributed by atoms with Crippen molar-refractivity contribution >= 4 is 42.1 Å². The SMILES string of the molecule is CC(C)(C)[Si](C)(C)OC[C@H]1O[C@@H](n2cnc3c(=O)[nH]c(N)nc32)[C@H](O[Si](C)(C)C(C)(C)C)[C@@H]1O[Si](C)(C)C(C)(C)C. The Kier molecular flexibility index (Phi) is 9.13. The van der Waals surface area contributed by atoms with Gasteiger partial charge < -0.3 is 23.7 Å². The summed E-state index contributed by atoms with van der Waals surface area (Å²) in [6.45, 7) is 33.9. The van der Waals surface area contributed by atoms with Crippen LogP contribution in [0.15, 0.2) is 11.1 Å². The van der Waals surface area contributed by atoms with Crippen LogP contribution in [0, 0.1) is 0 Å². The average Bonchev–Trinajstić information content (AvgIpc) is 3.31. The van der Waals surface area contributed by atoms with Gasteiger partial charge in [-0.15, -0.1) is 0 Å². The molecular formula is C28H55N5O5Si3. The molecule has 2 aromatic rings. The Bertz CT molecular complexity index is 1290. The minimum atomic E-state index is -2.32. The fourth-order valence-electron chi connectivity index (χ4n) is 4.00. The maximum atomic E-state index is 12.7. The van der Waals surface area contributed by atoms with E-state index in [1.54, 1.807) is 10.9 Å². The summed E-state index contributed by atoms with van der Waals surface area (Å²) in [5.41, 5.74) is 6.13. The highest BCUT2D eigenvalue weighted by molar-refractivity contribution is 6.75. The molecule has 1 aliphatic rings. The van der Waals surface area contributed by atoms with E-state index in [1.807, 2.05) is 0 Å². The van der Waals surface area contributed by atoms with Crippen LogP contribution in [-0.2, 0) is 18.0 Å². The van der Waals surface area contributed by atoms with Gasteiger partial charge in [-0.05, 0) is 54.4 Å². The number of rotatable bonds is 8. The molecule has 0 aromatic carbocycles. The molecule has 0 saturated carbocycles. The Hall–Kier alpha value is -1.36. The lowest BCUT2D eigenvalue weighted by atomic mass is 10.1. The Balaban J connectivity index is 2.18. The Morgan fingerprint density at radius 1 is 0.878 bits per heavy atom. The predicted octanol–water partition coefficient (Wildman–Crippen LogP) is 6.40. The van der Waals surface area contributed by atoms with Crippen LogP contribution in [-0.4, -0.2) is 69.4 Å². The van der Waals surface area contributed by atoms with Crippen molar-refractivity contribution in [3.8, 4) is 0 Å². The summed E-state index contributed by atoms with van der Waals surface area (Å²) < 4.78 is 29.8. The van der Waals surface area contributed by atoms with Gasteiger partial charge in [0.2, 0.25) is 5.95 Å². The van der Waals surface area contributed by atoms with E-state index in [-0.39, 0.29) is 26.6 Å². The van der Waals surface area contributed by atoms with E-state index < -0.39 is 55.1 Å². The van der Waals surface area contributed by atoms with Crippen molar-refractivity contribution in [1.29, 1.82) is 0 Å². The molecule has 3 heterocycles. The fraction of sp³-hybridized carbons (Fsp3) is 0.821. The second kappa shape index (κ2) is 11.0. The van der Waals surface area contributed by atoms with Crippen LogP contribution in [0.3, 0.4) is 0 Å². The molecule has 234 valence electrons. The van der Waals surface area contributed by atoms with Crippen molar-refractivity contribution in [3.05, 3.63) is 16.7 Å². The number of nitrogen functional groups attached to an aromatic ring is 1. The molecule has 4 atom stereocenters. The fourth-order valence-corrected chi connectivity index (χ4v) is 7.62. The number of hydrogen-bond acceptors (Lipinski definition) is 8. The maximum absolute atomic E-state index is 12.7. The lowest BCUT2D eigenvalue weighted by Gasteiger charge is -2.44. The van der Waals surface area contributed by atoms with E-state index in [4.69, 9.17) is 23.7 Å². The van der Waals surface area contributed by atoms with E-state index in [2.05, 4.69) is 117 Å². The standard InChI is InChI=1S/C28H55N5O5Si3/c1-26(2,3)39(10,11)35-16-18-20(37-40(12,13)27(4,5)6)21(38-41(14,15)28(7,8)9)24(36-18)33-17-30-19-22(33)31-25(29)32-23(19)34/h17-18,20-21,24H,16H2,1-15H3,(H3,29,31,32,34)/t18-,20-,21-,24-/m1/s1. The number of ether oxygens (including phenoxy) is 1. The van der Waals surface area contributed by atoms with Gasteiger partial charge >= 0.3 is 0 Å². The summed E-state index contributed by atoms with van der Waals surface area (Å²) in [4.78, 5) is 24.0. The minimum Gasteiger partial charge on any atom is -0.414 e. The molecule has 1 fully saturated rings. The van der Waals surface area contributed by atoms with Crippen LogP contribution >= 0.6 is 0 Å². The molecule has 41 heavy (non-hydrogen) atoms. The summed E-state index contributed by atoms with van der Waals surface area (Å²) in [6, 6.07) is 0. The normalized spacial score (nSPS) is 23.5. The molecule has 10 nitrogen and oxygen atoms in total. The third kappa shape index (κ3) is 6.91. The number of anilines is 1. The summed E-state index contributed by atoms with van der Waals surface area (Å²) in [6.07, 6.45) is -0.297. The number of nitrogens with zero attached hydrogens (tertiary/aromatic N) is 3. The van der Waals surface area contributed by atoms with E-state index >= 15 is 0 Å². The molecule has 3 N–H and O–H groups in total. The number of aromatic nitrogens is 4. The molecule has 1 aliphatic heterocycles. The first kappa shape index (κ1) is 34.1. The van der Waals surface area contributed by atoms with Gasteiger partial charge in [-0.3, -0.25) is 14.3 Å². The van der Waals surface area contributed by atoms with E-state index in [0.29, 0.717) is 12.3 Å². The van der Waals surface area contributed by atoms with Gasteiger partial charge in [0.05, 0.1) is 12.9 Å². The predicted molar refractivity (Wildman–Crippen MR) is 174 cm³/mol. The number of imidazole rings is 1. The highest BCUT2D eigenvalue weighted by Gasteiger charge is 2.55. The van der Waals surface area contributed by atoms with E-state index in [1.165, 1.54) is 0 Å². The highest BCUT2D eigenvalue weighted by atomic mass is 28.4. The maximum Gasteiger partial charge on any atom is 0.280 e. The molecule has 0 spiro atoms. The number of hydrogen-bond donors (Lipinski definition) is 2. The number of H-pyrrole nitrogens is 1. The summed E-state index contributed by atoms with van der Waals surface area (Å²) in [5, 5.41) is -0.0328. The third-order valence-electron chi connectivity index (χ3n) is 9.90. The summed E-state index contributed by atoms with van der Waals surface area (Å²) in [5.74, 6) is 0.0241. The lowest BCUT2D eigenvalue weighted by molar-refractivity contribution is -0.0470. The van der Waals surface area contributed by atoms with Crippen molar-refractivity contribution in [2.24, 2.45) is 0 Å². The topological polar surface area (TPSA) is 127 Å². The first-order chi connectivity index (χ1) is 18.3. The quantitative estimate of drug-likeness (QED) is 0.323. The van der Waals surface area contributed by atoms with Gasteiger partial charge in [-0.2, -0.15) is 4.98 Å². The first-order valence-electron chi connectivity index (χ1n) is 14.7. The monoisotopic (exact) mass is 625 g/mol. The first-order valence-corrected chi connectivity index (χ1v) is 23.4. The van der Waals surface area contributed by atoms with E-state index in [9.17, 15) is 4.79 Å². The van der Waals surface area contributed by atoms with Crippen LogP contribution in [0.2, 0.25) is 54.4 Å². The average molecular weight is 626 g/mol. The second-order valence-electron chi connectivity index (χ2n) is 16.1. The zero-order valence-electron chi connectivity index (χ0n) is 28.1. The molecule has 1 saturated heterocycles. The summed E-state index contributed by atoms with van der Waals surface area (Å²) >= 11 is 0. The zero-order chi connectivity index (χ0) is 31.6. The Morgan fingerprint density at radius 3 is 1.85 bits per heavy atom. The molecule has 0 radical (unpaired) electrons. The number of aromatic amines is 1. The van der Waals surface area contributed by atoms with Crippen molar-refractivity contribution < 1.29 is 18.0 Å². The van der Waals surface area contributed by atoms with Crippen molar-refractivity contribution in [3.63, 3.8) is 0 Å². The molecule has 13 heteroatoms. The van der Waals surface area contributed by atoms with Gasteiger partial charge in [0.1, 0.15) is 18.3 Å². The van der Waals surface area contributed by atoms with Crippen molar-refractivity contribution in [1.82, 2.24) is 19.5 Å². The molecule has 2 aromatic heterocycles. The molecule has 0 aliphatic carbocycles. The number of fused-ring (bicyclic) bond motifs is 1. The van der Waals surface area contributed by atoms with Gasteiger partial charge in [0.15, 0.2) is 42.3 Å². The van der Waals surface area contributed by atoms with Gasteiger partial charge in [0.25, 0.3) is 5.56 Å². The van der Waals surface area contributed by atoms with Crippen LogP contribution in [0.4, 0.5) is 5.95 Å². The number of nitrogens with one attached hydrogen (secondary N) is 1. The van der Waals surface area contributed by atoms with Crippen LogP contribution in [0.1, 0.15) is 68.5 Å². The lowest BCUT2D eigenvalue weighted by Crippen LogP contribution is -2.54. The molecule has 0 bridgehead atoms. The highest BCUT2D eigenvalue weighted by Crippen LogP contribution is 2.46. The Morgan fingerprint density at radius 2 is 1.37 bits per heavy atom. The largest absolute Gasteiger partial charge is 0.414 e. The summed E-state index contributed by atoms with van der Waals surface area (Å²) in [7, 11) is -6.69. The smallest absolute Gasteiger partial charge is 0.280 e. The van der Waals surface area contributed by atoms with Crippen LogP contribution in [0.5, 0.6) is 0 Å². The third-order valence-corrected chi connectivity index (χ3v) is 23.3. The Labute approximate surface area is 249 Å². The van der Waals surface area contributed by atoms with Gasteiger partial charge in [0, 0.05) is 0 Å². The molecular weight excluding hydrogens is 571 g/mol. The van der Waals surface area contributed by atoms with E-state index in [0.717, 1.165) is 0 Å². The zero-order valence-corrected chi connectivity index (χ0v) is 31.1. The van der Waals surface area contributed by atoms with Crippen LogP contribution < -0.4 is 11.3 Å². The van der Waals surface area contributed by atoms with Gasteiger partial charge in [-0.25, -0.2) is 4.98 Å². The van der Waals surface area contributed by atoms with Crippen molar-refractivity contribution in [2.45, 2.75) is 141 Å². The molecule has 3 rings (SSSR count). The second-order valence-corrected chi connectivity index (χ2v) is 30.4. The van der Waals surface area contributed by atoms with Crippen molar-refractivity contribution in [2.75, 3.05) is 12.3 Å². The number of nitrogens with two attached hydrogens (primary N) is 1. The molecule has 0 amide bonds. The molecule has 0 unspecified atom stereocenters. The van der Waals surface area contributed by atoms with Gasteiger partial charge in [-0.1, -0.05) is 62.3 Å². The van der Waals surface area contributed by atoms with Crippen LogP contribution in [0.25, 0.3) is 11.2 Å². The minimum absolute atomic E-state index is 0.0241.